The summed E-state index contributed by atoms with van der Waals surface area (Å²) in [7, 11) is 1.41. The van der Waals surface area contributed by atoms with Crippen LogP contribution in [0.15, 0.2) is 91.0 Å². The highest BCUT2D eigenvalue weighted by Gasteiger charge is 2.39. The second-order valence-corrected chi connectivity index (χ2v) is 11.1. The highest BCUT2D eigenvalue weighted by molar-refractivity contribution is 14.1. The van der Waals surface area contributed by atoms with Crippen LogP contribution in [-0.2, 0) is 4.57 Å². The van der Waals surface area contributed by atoms with Crippen molar-refractivity contribution in [1.82, 2.24) is 0 Å². The van der Waals surface area contributed by atoms with Crippen molar-refractivity contribution in [3.8, 4) is 28.4 Å². The fraction of sp³-hybridized carbons (Fsp3) is 0.111. The Kier molecular flexibility index (Phi) is 7.11. The van der Waals surface area contributed by atoms with Crippen molar-refractivity contribution in [1.29, 1.82) is 0 Å². The smallest absolute Gasteiger partial charge is 0.205 e. The first-order valence-electron chi connectivity index (χ1n) is 10.4. The molecule has 0 aliphatic rings. The SMILES string of the molecule is COc1c(I)c(P(=O)(c2ccccc2)c2ccccc2)c(-c2ccccc2)c(OC)c1OC. The highest BCUT2D eigenvalue weighted by atomic mass is 127. The standard InChI is InChI=1S/C27H24IO4P/c1-30-24-22(19-13-7-4-8-14-19)27(23(28)25(31-2)26(24)32-3)33(29,20-15-9-5-10-16-20)21-17-11-6-12-18-21/h4-18H,1-3H3. The predicted octanol–water partition coefficient (Wildman–Crippen LogP) is 5.62. The molecule has 0 atom stereocenters. The van der Waals surface area contributed by atoms with Gasteiger partial charge in [-0.3, -0.25) is 0 Å². The Bertz CT molecular complexity index is 1250. The van der Waals surface area contributed by atoms with Crippen LogP contribution >= 0.6 is 29.7 Å². The maximum atomic E-state index is 15.4. The van der Waals surface area contributed by atoms with E-state index in [9.17, 15) is 0 Å². The Morgan fingerprint density at radius 2 is 1.03 bits per heavy atom. The van der Waals surface area contributed by atoms with Crippen LogP contribution in [0.1, 0.15) is 0 Å². The first-order chi connectivity index (χ1) is 16.1. The molecule has 0 aromatic heterocycles. The van der Waals surface area contributed by atoms with Crippen molar-refractivity contribution in [2.45, 2.75) is 0 Å². The molecular weight excluding hydrogens is 546 g/mol. The zero-order valence-corrected chi connectivity index (χ0v) is 21.7. The Balaban J connectivity index is 2.25. The number of hydrogen-bond acceptors (Lipinski definition) is 4. The molecule has 33 heavy (non-hydrogen) atoms. The van der Waals surface area contributed by atoms with E-state index in [2.05, 4.69) is 22.6 Å². The summed E-state index contributed by atoms with van der Waals surface area (Å²) >= 11 is 2.22. The van der Waals surface area contributed by atoms with Crippen LogP contribution in [0.3, 0.4) is 0 Å². The first kappa shape index (κ1) is 23.4. The maximum Gasteiger partial charge on any atom is 0.205 e. The minimum atomic E-state index is -3.35. The lowest BCUT2D eigenvalue weighted by Crippen LogP contribution is -2.29. The highest BCUT2D eigenvalue weighted by Crippen LogP contribution is 2.54. The van der Waals surface area contributed by atoms with Crippen LogP contribution in [0, 0.1) is 3.57 Å². The molecule has 0 aliphatic carbocycles. The first-order valence-corrected chi connectivity index (χ1v) is 13.1. The number of halogens is 1. The van der Waals surface area contributed by atoms with Crippen molar-refractivity contribution < 1.29 is 18.8 Å². The van der Waals surface area contributed by atoms with Crippen LogP contribution in [0.2, 0.25) is 0 Å². The molecule has 0 spiro atoms. The van der Waals surface area contributed by atoms with Gasteiger partial charge in [0.25, 0.3) is 0 Å². The van der Waals surface area contributed by atoms with E-state index < -0.39 is 7.14 Å². The van der Waals surface area contributed by atoms with E-state index in [0.29, 0.717) is 22.6 Å². The fourth-order valence-electron chi connectivity index (χ4n) is 4.06. The second kappa shape index (κ2) is 10.0. The number of rotatable bonds is 7. The van der Waals surface area contributed by atoms with Gasteiger partial charge in [0, 0.05) is 21.5 Å². The minimum Gasteiger partial charge on any atom is -0.492 e. The van der Waals surface area contributed by atoms with E-state index in [4.69, 9.17) is 14.2 Å². The molecule has 4 rings (SSSR count). The van der Waals surface area contributed by atoms with Crippen LogP contribution in [-0.4, -0.2) is 21.3 Å². The van der Waals surface area contributed by atoms with Gasteiger partial charge in [0.1, 0.15) is 0 Å². The molecule has 0 bridgehead atoms. The van der Waals surface area contributed by atoms with Gasteiger partial charge >= 0.3 is 0 Å². The van der Waals surface area contributed by atoms with Crippen molar-refractivity contribution in [2.24, 2.45) is 0 Å². The number of benzene rings is 4. The molecule has 0 radical (unpaired) electrons. The van der Waals surface area contributed by atoms with Crippen LogP contribution < -0.4 is 30.1 Å². The normalized spacial score (nSPS) is 11.2. The van der Waals surface area contributed by atoms with Gasteiger partial charge in [-0.15, -0.1) is 0 Å². The second-order valence-electron chi connectivity index (χ2n) is 7.28. The van der Waals surface area contributed by atoms with E-state index in [0.717, 1.165) is 25.3 Å². The summed E-state index contributed by atoms with van der Waals surface area (Å²) in [5, 5.41) is 2.14. The third kappa shape index (κ3) is 4.04. The van der Waals surface area contributed by atoms with E-state index in [1.54, 1.807) is 21.3 Å². The average molecular weight is 570 g/mol. The number of methoxy groups -OCH3 is 3. The lowest BCUT2D eigenvalue weighted by Gasteiger charge is -2.28. The predicted molar refractivity (Wildman–Crippen MR) is 144 cm³/mol. The minimum absolute atomic E-state index is 0.472. The summed E-state index contributed by atoms with van der Waals surface area (Å²) in [5.41, 5.74) is 1.62. The molecule has 4 nitrogen and oxygen atoms in total. The molecule has 0 unspecified atom stereocenters. The molecular formula is C27H24IO4P. The largest absolute Gasteiger partial charge is 0.492 e. The molecule has 0 heterocycles. The Morgan fingerprint density at radius 3 is 1.45 bits per heavy atom. The maximum absolute atomic E-state index is 15.4. The van der Waals surface area contributed by atoms with E-state index in [1.807, 2.05) is 91.0 Å². The van der Waals surface area contributed by atoms with Gasteiger partial charge in [-0.05, 0) is 28.2 Å². The zero-order valence-electron chi connectivity index (χ0n) is 18.6. The van der Waals surface area contributed by atoms with Gasteiger partial charge < -0.3 is 18.8 Å². The van der Waals surface area contributed by atoms with E-state index in [1.165, 1.54) is 0 Å². The van der Waals surface area contributed by atoms with Crippen molar-refractivity contribution >= 4 is 45.6 Å². The van der Waals surface area contributed by atoms with Gasteiger partial charge in [0.2, 0.25) is 5.75 Å². The quantitative estimate of drug-likeness (QED) is 0.214. The van der Waals surface area contributed by atoms with Gasteiger partial charge in [-0.1, -0.05) is 91.0 Å². The van der Waals surface area contributed by atoms with E-state index in [-0.39, 0.29) is 0 Å². The molecule has 0 N–H and O–H groups in total. The Labute approximate surface area is 208 Å². The van der Waals surface area contributed by atoms with Crippen molar-refractivity contribution in [3.05, 3.63) is 94.6 Å². The molecule has 0 amide bonds. The van der Waals surface area contributed by atoms with Crippen LogP contribution in [0.25, 0.3) is 11.1 Å². The summed E-state index contributed by atoms with van der Waals surface area (Å²) in [4.78, 5) is 0. The summed E-state index contributed by atoms with van der Waals surface area (Å²) in [6.07, 6.45) is 0. The number of hydrogen-bond donors (Lipinski definition) is 0. The summed E-state index contributed by atoms with van der Waals surface area (Å²) in [6.45, 7) is 0. The molecule has 0 aliphatic heterocycles. The Morgan fingerprint density at radius 1 is 0.606 bits per heavy atom. The fourth-order valence-corrected chi connectivity index (χ4v) is 8.73. The molecule has 6 heteroatoms. The summed E-state index contributed by atoms with van der Waals surface area (Å²) in [5.74, 6) is 1.46. The molecule has 0 saturated heterocycles. The summed E-state index contributed by atoms with van der Waals surface area (Å²) in [6, 6.07) is 29.0. The van der Waals surface area contributed by atoms with Gasteiger partial charge in [-0.2, -0.15) is 0 Å². The van der Waals surface area contributed by atoms with Gasteiger partial charge in [0.05, 0.1) is 24.9 Å². The Hall–Kier alpha value is -2.76. The van der Waals surface area contributed by atoms with Crippen LogP contribution in [0.5, 0.6) is 17.2 Å². The third-order valence-electron chi connectivity index (χ3n) is 5.51. The van der Waals surface area contributed by atoms with Crippen molar-refractivity contribution in [3.63, 3.8) is 0 Å². The topological polar surface area (TPSA) is 44.8 Å². The third-order valence-corrected chi connectivity index (χ3v) is 10.1. The molecule has 4 aromatic carbocycles. The van der Waals surface area contributed by atoms with E-state index >= 15 is 4.57 Å². The van der Waals surface area contributed by atoms with Crippen molar-refractivity contribution in [2.75, 3.05) is 21.3 Å². The molecule has 168 valence electrons. The molecule has 4 aromatic rings. The average Bonchev–Trinajstić information content (AvgIpc) is 2.88. The monoisotopic (exact) mass is 570 g/mol. The van der Waals surface area contributed by atoms with Crippen LogP contribution in [0.4, 0.5) is 0 Å². The van der Waals surface area contributed by atoms with Gasteiger partial charge in [-0.25, -0.2) is 0 Å². The molecule has 0 saturated carbocycles. The lowest BCUT2D eigenvalue weighted by atomic mass is 10.0. The molecule has 0 fully saturated rings. The number of ether oxygens (including phenoxy) is 3. The summed E-state index contributed by atoms with van der Waals surface area (Å²) < 4.78 is 33.5. The zero-order chi connectivity index (χ0) is 23.4. The lowest BCUT2D eigenvalue weighted by molar-refractivity contribution is 0.324. The van der Waals surface area contributed by atoms with Gasteiger partial charge in [0.15, 0.2) is 18.6 Å².